The summed E-state index contributed by atoms with van der Waals surface area (Å²) in [4.78, 5) is 44.8. The van der Waals surface area contributed by atoms with Gasteiger partial charge in [-0.15, -0.1) is 0 Å². The molecule has 32 heavy (non-hydrogen) atoms. The summed E-state index contributed by atoms with van der Waals surface area (Å²) < 4.78 is 11.6. The van der Waals surface area contributed by atoms with Gasteiger partial charge < -0.3 is 19.9 Å². The third kappa shape index (κ3) is 4.88. The van der Waals surface area contributed by atoms with Crippen LogP contribution in [0.25, 0.3) is 11.4 Å². The standard InChI is InChI=1S/C21H26N6O5/c1-4-5-12-27-18(22)17(20(29)24-21(27)30)26(2)16(28)11-10-15-23-19(25-32-15)13-6-8-14(31-3)9-7-13/h6-9H,4-5,10-12,22H2,1-3H3,(H,24,29,30). The maximum Gasteiger partial charge on any atom is 0.330 e. The van der Waals surface area contributed by atoms with E-state index in [-0.39, 0.29) is 36.1 Å². The number of H-pyrrole nitrogens is 1. The van der Waals surface area contributed by atoms with E-state index in [1.54, 1.807) is 31.4 Å². The summed E-state index contributed by atoms with van der Waals surface area (Å²) in [6, 6.07) is 7.17. The largest absolute Gasteiger partial charge is 0.497 e. The minimum atomic E-state index is -0.712. The number of methoxy groups -OCH3 is 1. The number of carbonyl (C=O) groups is 1. The number of nitrogens with two attached hydrogens (primary N) is 1. The predicted molar refractivity (Wildman–Crippen MR) is 119 cm³/mol. The molecule has 0 fully saturated rings. The summed E-state index contributed by atoms with van der Waals surface area (Å²) in [5.41, 5.74) is 5.44. The quantitative estimate of drug-likeness (QED) is 0.507. The molecule has 0 unspecified atom stereocenters. The number of nitrogens with zero attached hydrogens (tertiary/aromatic N) is 4. The molecule has 0 radical (unpaired) electrons. The molecule has 11 nitrogen and oxygen atoms in total. The molecule has 0 saturated heterocycles. The average molecular weight is 442 g/mol. The van der Waals surface area contributed by atoms with E-state index in [2.05, 4.69) is 15.1 Å². The summed E-state index contributed by atoms with van der Waals surface area (Å²) in [7, 11) is 3.02. The van der Waals surface area contributed by atoms with E-state index in [4.69, 9.17) is 15.0 Å². The van der Waals surface area contributed by atoms with E-state index in [1.165, 1.54) is 11.6 Å². The first-order valence-corrected chi connectivity index (χ1v) is 10.2. The summed E-state index contributed by atoms with van der Waals surface area (Å²) in [6.07, 6.45) is 1.74. The molecule has 11 heteroatoms. The Kier molecular flexibility index (Phi) is 7.08. The van der Waals surface area contributed by atoms with Crippen molar-refractivity contribution < 1.29 is 14.1 Å². The van der Waals surface area contributed by atoms with Crippen molar-refractivity contribution in [3.63, 3.8) is 0 Å². The van der Waals surface area contributed by atoms with Crippen molar-refractivity contribution >= 4 is 17.4 Å². The Labute approximate surface area is 183 Å². The lowest BCUT2D eigenvalue weighted by atomic mass is 10.2. The van der Waals surface area contributed by atoms with Crippen LogP contribution < -0.4 is 26.6 Å². The smallest absolute Gasteiger partial charge is 0.330 e. The number of aromatic nitrogens is 4. The number of hydrogen-bond acceptors (Lipinski definition) is 8. The molecule has 3 aromatic rings. The number of nitrogen functional groups attached to an aromatic ring is 1. The molecule has 2 aromatic heterocycles. The van der Waals surface area contributed by atoms with Crippen LogP contribution in [0.5, 0.6) is 5.75 Å². The van der Waals surface area contributed by atoms with Crippen molar-refractivity contribution in [2.45, 2.75) is 39.2 Å². The van der Waals surface area contributed by atoms with Crippen LogP contribution in [-0.2, 0) is 17.8 Å². The van der Waals surface area contributed by atoms with Crippen LogP contribution in [0.3, 0.4) is 0 Å². The number of aromatic amines is 1. The van der Waals surface area contributed by atoms with Gasteiger partial charge in [0, 0.05) is 32.0 Å². The van der Waals surface area contributed by atoms with Crippen LogP contribution >= 0.6 is 0 Å². The SMILES string of the molecule is CCCCn1c(N)c(N(C)C(=O)CCc2nc(-c3ccc(OC)cc3)no2)c(=O)[nH]c1=O. The first-order chi connectivity index (χ1) is 15.3. The lowest BCUT2D eigenvalue weighted by Crippen LogP contribution is -2.39. The van der Waals surface area contributed by atoms with Crippen molar-refractivity contribution in [2.75, 3.05) is 24.8 Å². The van der Waals surface area contributed by atoms with Gasteiger partial charge in [-0.3, -0.25) is 19.1 Å². The van der Waals surface area contributed by atoms with Gasteiger partial charge >= 0.3 is 5.69 Å². The van der Waals surface area contributed by atoms with Crippen molar-refractivity contribution in [1.82, 2.24) is 19.7 Å². The van der Waals surface area contributed by atoms with Crippen LogP contribution in [0, 0.1) is 0 Å². The Morgan fingerprint density at radius 3 is 2.66 bits per heavy atom. The molecular weight excluding hydrogens is 416 g/mol. The summed E-state index contributed by atoms with van der Waals surface area (Å²) in [5, 5.41) is 3.94. The normalized spacial score (nSPS) is 10.8. The first-order valence-electron chi connectivity index (χ1n) is 10.2. The van der Waals surface area contributed by atoms with Gasteiger partial charge in [0.2, 0.25) is 17.6 Å². The second kappa shape index (κ2) is 9.94. The number of nitrogens with one attached hydrogen (secondary N) is 1. The van der Waals surface area contributed by atoms with E-state index in [1.807, 2.05) is 6.92 Å². The Hall–Kier alpha value is -3.89. The highest BCUT2D eigenvalue weighted by Crippen LogP contribution is 2.21. The van der Waals surface area contributed by atoms with Gasteiger partial charge in [0.25, 0.3) is 5.56 Å². The fourth-order valence-corrected chi connectivity index (χ4v) is 3.16. The van der Waals surface area contributed by atoms with Gasteiger partial charge in [0.1, 0.15) is 11.6 Å². The fourth-order valence-electron chi connectivity index (χ4n) is 3.16. The lowest BCUT2D eigenvalue weighted by molar-refractivity contribution is -0.118. The molecule has 3 N–H and O–H groups in total. The van der Waals surface area contributed by atoms with Gasteiger partial charge in [0.15, 0.2) is 5.69 Å². The number of aryl methyl sites for hydroxylation is 1. The molecule has 0 spiro atoms. The third-order valence-corrected chi connectivity index (χ3v) is 5.03. The van der Waals surface area contributed by atoms with Crippen molar-refractivity contribution in [3.05, 3.63) is 51.0 Å². The highest BCUT2D eigenvalue weighted by Gasteiger charge is 2.21. The molecule has 0 aliphatic rings. The van der Waals surface area contributed by atoms with Crippen molar-refractivity contribution in [2.24, 2.45) is 0 Å². The molecule has 170 valence electrons. The highest BCUT2D eigenvalue weighted by atomic mass is 16.5. The van der Waals surface area contributed by atoms with Crippen LogP contribution in [0.4, 0.5) is 11.5 Å². The summed E-state index contributed by atoms with van der Waals surface area (Å²) >= 11 is 0. The second-order valence-electron chi connectivity index (χ2n) is 7.19. The monoisotopic (exact) mass is 442 g/mol. The number of unbranched alkanes of at least 4 members (excludes halogenated alkanes) is 1. The zero-order valence-electron chi connectivity index (χ0n) is 18.3. The number of benzene rings is 1. The van der Waals surface area contributed by atoms with Crippen LogP contribution in [0.1, 0.15) is 32.1 Å². The molecule has 0 atom stereocenters. The molecule has 0 bridgehead atoms. The second-order valence-corrected chi connectivity index (χ2v) is 7.19. The first kappa shape index (κ1) is 22.8. The maximum atomic E-state index is 12.7. The van der Waals surface area contributed by atoms with Gasteiger partial charge in [-0.05, 0) is 30.7 Å². The molecule has 3 rings (SSSR count). The maximum absolute atomic E-state index is 12.7. The molecule has 1 aromatic carbocycles. The number of hydrogen-bond donors (Lipinski definition) is 2. The molecule has 0 saturated carbocycles. The summed E-state index contributed by atoms with van der Waals surface area (Å²) in [6.45, 7) is 2.32. The Morgan fingerprint density at radius 1 is 1.28 bits per heavy atom. The predicted octanol–water partition coefficient (Wildman–Crippen LogP) is 1.57. The number of carbonyl (C=O) groups excluding carboxylic acids is 1. The number of amides is 1. The Morgan fingerprint density at radius 2 is 2.00 bits per heavy atom. The topological polar surface area (TPSA) is 149 Å². The van der Waals surface area contributed by atoms with E-state index >= 15 is 0 Å². The average Bonchev–Trinajstić information content (AvgIpc) is 3.26. The fraction of sp³-hybridized carbons (Fsp3) is 0.381. The Bertz CT molecular complexity index is 1190. The van der Waals surface area contributed by atoms with Gasteiger partial charge in [-0.1, -0.05) is 18.5 Å². The van der Waals surface area contributed by atoms with E-state index in [9.17, 15) is 14.4 Å². The summed E-state index contributed by atoms with van der Waals surface area (Å²) in [5.74, 6) is 0.968. The minimum Gasteiger partial charge on any atom is -0.497 e. The number of rotatable bonds is 9. The van der Waals surface area contributed by atoms with Crippen molar-refractivity contribution in [1.29, 1.82) is 0 Å². The van der Waals surface area contributed by atoms with Gasteiger partial charge in [-0.25, -0.2) is 4.79 Å². The zero-order chi connectivity index (χ0) is 23.3. The van der Waals surface area contributed by atoms with Crippen LogP contribution in [-0.4, -0.2) is 39.8 Å². The van der Waals surface area contributed by atoms with Gasteiger partial charge in [-0.2, -0.15) is 4.98 Å². The molecule has 1 amide bonds. The third-order valence-electron chi connectivity index (χ3n) is 5.03. The molecular formula is C21H26N6O5. The molecule has 0 aliphatic carbocycles. The van der Waals surface area contributed by atoms with E-state index in [0.29, 0.717) is 24.5 Å². The zero-order valence-corrected chi connectivity index (χ0v) is 18.3. The number of ether oxygens (including phenoxy) is 1. The highest BCUT2D eigenvalue weighted by molar-refractivity contribution is 5.95. The number of anilines is 2. The van der Waals surface area contributed by atoms with Crippen LogP contribution in [0.2, 0.25) is 0 Å². The Balaban J connectivity index is 1.71. The molecule has 2 heterocycles. The lowest BCUT2D eigenvalue weighted by Gasteiger charge is -2.20. The van der Waals surface area contributed by atoms with Crippen LogP contribution in [0.15, 0.2) is 38.4 Å². The van der Waals surface area contributed by atoms with E-state index in [0.717, 1.165) is 16.9 Å². The van der Waals surface area contributed by atoms with E-state index < -0.39 is 11.2 Å². The minimum absolute atomic E-state index is 0.00765. The van der Waals surface area contributed by atoms with Gasteiger partial charge in [0.05, 0.1) is 7.11 Å². The van der Waals surface area contributed by atoms with Crippen molar-refractivity contribution in [3.8, 4) is 17.1 Å². The molecule has 0 aliphatic heterocycles.